The summed E-state index contributed by atoms with van der Waals surface area (Å²) in [5.41, 5.74) is 0. The molecule has 0 saturated heterocycles. The number of rotatable bonds is 0. The molecule has 0 atom stereocenters. The standard InChI is InChI=1S/2C2H2O4.Fe.K.H3N/c2*3-1(4)2(5)6;;;/h2*(H,3,4)(H,5,6);;;1H3/q;;+2;+1;/p-3. The van der Waals surface area contributed by atoms with Gasteiger partial charge in [-0.1, -0.05) is 0 Å². The summed E-state index contributed by atoms with van der Waals surface area (Å²) in [5.74, 6) is -8.74. The van der Waals surface area contributed by atoms with Crippen molar-refractivity contribution in [3.63, 3.8) is 0 Å². The summed E-state index contributed by atoms with van der Waals surface area (Å²) in [7, 11) is 0. The molecule has 0 amide bonds. The van der Waals surface area contributed by atoms with Gasteiger partial charge in [0.2, 0.25) is 0 Å². The summed E-state index contributed by atoms with van der Waals surface area (Å²) in [4.78, 5) is 35.7. The van der Waals surface area contributed by atoms with Crippen molar-refractivity contribution in [2.45, 2.75) is 0 Å². The predicted octanol–water partition coefficient (Wildman–Crippen LogP) is -9.65. The van der Waals surface area contributed by atoms with E-state index in [0.29, 0.717) is 0 Å². The molecule has 4 N–H and O–H groups in total. The maximum atomic E-state index is 8.93. The second-order valence-electron chi connectivity index (χ2n) is 1.15. The van der Waals surface area contributed by atoms with Crippen molar-refractivity contribution >= 4 is 23.9 Å². The smallest absolute Gasteiger partial charge is 0.543 e. The van der Waals surface area contributed by atoms with Crippen LogP contribution in [-0.2, 0) is 36.2 Å². The van der Waals surface area contributed by atoms with E-state index in [0.717, 1.165) is 0 Å². The first-order chi connectivity index (χ1) is 5.29. The number of carbonyl (C=O) groups excluding carboxylic acids is 4. The Kier molecular flexibility index (Phi) is 32.2. The fourth-order valence-electron chi connectivity index (χ4n) is 0. The largest absolute Gasteiger partial charge is 2.00 e. The van der Waals surface area contributed by atoms with Crippen LogP contribution in [0.25, 0.3) is 0 Å². The van der Waals surface area contributed by atoms with E-state index in [-0.39, 0.29) is 74.6 Å². The van der Waals surface area contributed by atoms with Crippen molar-refractivity contribution in [1.29, 1.82) is 0 Å². The first-order valence-corrected chi connectivity index (χ1v) is 2.13. The van der Waals surface area contributed by atoms with Gasteiger partial charge in [0.1, 0.15) is 0 Å². The Hall–Kier alpha value is -0.00416. The SMILES string of the molecule is O=C([O-])C(=O)[O-].O=C([O-])C(=O)[O-].[Fe+2].[K+].[NH4+]. The molecule has 0 heterocycles. The van der Waals surface area contributed by atoms with Crippen LogP contribution in [0, 0.1) is 0 Å². The fraction of sp³-hybridized carbons (Fsp3) is 0. The Morgan fingerprint density at radius 3 is 0.667 bits per heavy atom. The van der Waals surface area contributed by atoms with Gasteiger partial charge in [0.15, 0.2) is 0 Å². The van der Waals surface area contributed by atoms with Gasteiger partial charge >= 0.3 is 68.5 Å². The van der Waals surface area contributed by atoms with E-state index in [1.54, 1.807) is 0 Å². The van der Waals surface area contributed by atoms with Gasteiger partial charge in [-0.3, -0.25) is 0 Å². The number of carbonyl (C=O) groups is 4. The first-order valence-electron chi connectivity index (χ1n) is 2.13. The summed E-state index contributed by atoms with van der Waals surface area (Å²) in [6.07, 6.45) is 0. The molecule has 0 aromatic heterocycles. The van der Waals surface area contributed by atoms with Gasteiger partial charge in [0.05, 0.1) is 23.9 Å². The molecule has 9 nitrogen and oxygen atoms in total. The number of hydrogen-bond acceptors (Lipinski definition) is 8. The Labute approximate surface area is 136 Å². The van der Waals surface area contributed by atoms with Gasteiger partial charge < -0.3 is 45.8 Å². The molecule has 82 valence electrons. The Balaban J connectivity index is -0.0000000370. The molecular weight excluding hydrogens is 285 g/mol. The summed E-state index contributed by atoms with van der Waals surface area (Å²) in [6, 6.07) is 0. The molecule has 0 spiro atoms. The van der Waals surface area contributed by atoms with Gasteiger partial charge in [-0.2, -0.15) is 0 Å². The molecule has 0 aliphatic rings. The molecule has 0 aliphatic heterocycles. The summed E-state index contributed by atoms with van der Waals surface area (Å²) in [5, 5.41) is 35.7. The minimum atomic E-state index is -2.19. The third-order valence-corrected chi connectivity index (χ3v) is 0.333. The summed E-state index contributed by atoms with van der Waals surface area (Å²) >= 11 is 0. The third kappa shape index (κ3) is 31.5. The monoisotopic (exact) mass is 289 g/mol. The molecule has 0 fully saturated rings. The van der Waals surface area contributed by atoms with E-state index < -0.39 is 23.9 Å². The van der Waals surface area contributed by atoms with Gasteiger partial charge in [-0.15, -0.1) is 0 Å². The predicted molar refractivity (Wildman–Crippen MR) is 26.0 cm³/mol. The van der Waals surface area contributed by atoms with Crippen LogP contribution in [0.2, 0.25) is 0 Å². The summed E-state index contributed by atoms with van der Waals surface area (Å²) < 4.78 is 0. The van der Waals surface area contributed by atoms with E-state index in [9.17, 15) is 0 Å². The van der Waals surface area contributed by atoms with Crippen molar-refractivity contribution in [2.75, 3.05) is 0 Å². The normalized spacial score (nSPS) is 5.87. The number of quaternary nitrogens is 1. The van der Waals surface area contributed by atoms with Crippen molar-refractivity contribution in [2.24, 2.45) is 0 Å². The fourth-order valence-corrected chi connectivity index (χ4v) is 0. The van der Waals surface area contributed by atoms with Crippen LogP contribution in [0.1, 0.15) is 0 Å². The van der Waals surface area contributed by atoms with Crippen molar-refractivity contribution in [1.82, 2.24) is 6.15 Å². The molecule has 0 bridgehead atoms. The summed E-state index contributed by atoms with van der Waals surface area (Å²) in [6.45, 7) is 0. The Morgan fingerprint density at radius 1 is 0.600 bits per heavy atom. The number of aliphatic carboxylic acids is 4. The van der Waals surface area contributed by atoms with Crippen LogP contribution in [0.3, 0.4) is 0 Å². The number of carboxylic acids is 4. The molecule has 0 saturated carbocycles. The zero-order chi connectivity index (χ0) is 10.3. The zero-order valence-corrected chi connectivity index (χ0v) is 11.8. The Morgan fingerprint density at radius 2 is 0.667 bits per heavy atom. The van der Waals surface area contributed by atoms with Crippen LogP contribution in [0.15, 0.2) is 0 Å². The van der Waals surface area contributed by atoms with Crippen LogP contribution in [0.4, 0.5) is 0 Å². The molecule has 0 aromatic carbocycles. The van der Waals surface area contributed by atoms with E-state index in [1.165, 1.54) is 0 Å². The second-order valence-corrected chi connectivity index (χ2v) is 1.15. The second kappa shape index (κ2) is 16.4. The van der Waals surface area contributed by atoms with Gasteiger partial charge in [-0.25, -0.2) is 0 Å². The molecule has 0 aromatic rings. The van der Waals surface area contributed by atoms with Crippen LogP contribution < -0.4 is 78.0 Å². The topological polar surface area (TPSA) is 197 Å². The van der Waals surface area contributed by atoms with E-state index >= 15 is 0 Å². The van der Waals surface area contributed by atoms with E-state index in [4.69, 9.17) is 39.6 Å². The quantitative estimate of drug-likeness (QED) is 0.334. The molecule has 0 radical (unpaired) electrons. The van der Waals surface area contributed by atoms with Crippen LogP contribution in [0.5, 0.6) is 0 Å². The van der Waals surface area contributed by atoms with Gasteiger partial charge in [0, 0.05) is 0 Å². The molecular formula is C4H4FeKNO8. The zero-order valence-electron chi connectivity index (χ0n) is 7.62. The third-order valence-electron chi connectivity index (χ3n) is 0.333. The Bertz CT molecular complexity index is 183. The maximum absolute atomic E-state index is 8.93. The molecule has 11 heteroatoms. The average molecular weight is 289 g/mol. The maximum Gasteiger partial charge on any atom is 2.00 e. The van der Waals surface area contributed by atoms with Crippen molar-refractivity contribution in [3.05, 3.63) is 0 Å². The van der Waals surface area contributed by atoms with Crippen LogP contribution in [-0.4, -0.2) is 23.9 Å². The van der Waals surface area contributed by atoms with Crippen molar-refractivity contribution in [3.8, 4) is 0 Å². The average Bonchev–Trinajstić information content (AvgIpc) is 1.88. The van der Waals surface area contributed by atoms with Crippen LogP contribution >= 0.6 is 0 Å². The van der Waals surface area contributed by atoms with Gasteiger partial charge in [-0.05, 0) is 0 Å². The van der Waals surface area contributed by atoms with Crippen molar-refractivity contribution < 1.29 is 108 Å². The molecule has 0 aliphatic carbocycles. The molecule has 0 unspecified atom stereocenters. The van der Waals surface area contributed by atoms with Gasteiger partial charge in [0.25, 0.3) is 0 Å². The van der Waals surface area contributed by atoms with E-state index in [2.05, 4.69) is 0 Å². The molecule has 15 heavy (non-hydrogen) atoms. The minimum absolute atomic E-state index is 0. The number of hydrogen-bond donors (Lipinski definition) is 1. The minimum Gasteiger partial charge on any atom is -0.543 e. The molecule has 0 rings (SSSR count). The first kappa shape index (κ1) is 29.4. The number of carboxylic acid groups (broad SMARTS) is 4. The van der Waals surface area contributed by atoms with E-state index in [1.807, 2.05) is 0 Å².